The number of ether oxygens (including phenoxy) is 1. The average molecular weight is 495 g/mol. The minimum Gasteiger partial charge on any atom is -0.489 e. The number of hydrazine groups is 1. The highest BCUT2D eigenvalue weighted by atomic mass is 35.5. The number of benzene rings is 3. The highest BCUT2D eigenvalue weighted by Crippen LogP contribution is 2.32. The van der Waals surface area contributed by atoms with E-state index in [2.05, 4.69) is 5.43 Å². The van der Waals surface area contributed by atoms with E-state index in [-0.39, 0.29) is 4.32 Å². The van der Waals surface area contributed by atoms with Gasteiger partial charge >= 0.3 is 0 Å². The predicted molar refractivity (Wildman–Crippen MR) is 136 cm³/mol. The zero-order chi connectivity index (χ0) is 23.4. The van der Waals surface area contributed by atoms with Crippen LogP contribution in [0.3, 0.4) is 0 Å². The number of amides is 2. The number of thiocarbonyl (C=S) groups is 1. The van der Waals surface area contributed by atoms with Crippen LogP contribution in [0.5, 0.6) is 5.75 Å². The van der Waals surface area contributed by atoms with E-state index < -0.39 is 11.8 Å². The van der Waals surface area contributed by atoms with Crippen molar-refractivity contribution in [3.63, 3.8) is 0 Å². The SMILES string of the molecule is Cc1ccccc1COc1cccc(/C=C2/SC(=S)N(NC(=O)c3ccc(Cl)cc3)C2=O)c1. The Kier molecular flexibility index (Phi) is 7.13. The van der Waals surface area contributed by atoms with Gasteiger partial charge < -0.3 is 4.74 Å². The van der Waals surface area contributed by atoms with E-state index >= 15 is 0 Å². The fourth-order valence-corrected chi connectivity index (χ4v) is 4.42. The Morgan fingerprint density at radius 1 is 1.12 bits per heavy atom. The molecule has 33 heavy (non-hydrogen) atoms. The van der Waals surface area contributed by atoms with Crippen molar-refractivity contribution in [3.05, 3.63) is 105 Å². The fraction of sp³-hybridized carbons (Fsp3) is 0.0800. The molecule has 0 unspecified atom stereocenters. The first kappa shape index (κ1) is 23.0. The van der Waals surface area contributed by atoms with Crippen LogP contribution in [0.2, 0.25) is 5.02 Å². The van der Waals surface area contributed by atoms with E-state index in [9.17, 15) is 9.59 Å². The van der Waals surface area contributed by atoms with Crippen LogP contribution in [-0.2, 0) is 11.4 Å². The molecule has 0 aliphatic carbocycles. The Morgan fingerprint density at radius 3 is 2.64 bits per heavy atom. The van der Waals surface area contributed by atoms with E-state index in [0.717, 1.165) is 33.5 Å². The Morgan fingerprint density at radius 2 is 1.88 bits per heavy atom. The number of hydrogen-bond acceptors (Lipinski definition) is 5. The quantitative estimate of drug-likeness (QED) is 0.348. The summed E-state index contributed by atoms with van der Waals surface area (Å²) in [5.74, 6) is -0.145. The standard InChI is InChI=1S/C25H19ClN2O3S2/c1-16-5-2-3-7-19(16)15-31-21-8-4-6-17(13-21)14-22-24(30)28(25(32)33-22)27-23(29)18-9-11-20(26)12-10-18/h2-14H,15H2,1H3,(H,27,29)/b22-14+. The van der Waals surface area contributed by atoms with Crippen molar-refractivity contribution in [2.45, 2.75) is 13.5 Å². The molecule has 1 aliphatic heterocycles. The number of rotatable bonds is 6. The molecule has 5 nitrogen and oxygen atoms in total. The summed E-state index contributed by atoms with van der Waals surface area (Å²) in [6.07, 6.45) is 1.73. The molecule has 3 aromatic carbocycles. The second-order valence-corrected chi connectivity index (χ2v) is 9.36. The summed E-state index contributed by atoms with van der Waals surface area (Å²) in [5, 5.41) is 1.60. The first-order chi connectivity index (χ1) is 15.9. The lowest BCUT2D eigenvalue weighted by atomic mass is 10.1. The van der Waals surface area contributed by atoms with Gasteiger partial charge in [0.1, 0.15) is 12.4 Å². The van der Waals surface area contributed by atoms with Crippen molar-refractivity contribution in [1.29, 1.82) is 0 Å². The number of halogens is 1. The third kappa shape index (κ3) is 5.63. The van der Waals surface area contributed by atoms with Crippen molar-refractivity contribution >= 4 is 57.8 Å². The summed E-state index contributed by atoms with van der Waals surface area (Å²) >= 11 is 12.3. The first-order valence-corrected chi connectivity index (χ1v) is 11.6. The van der Waals surface area contributed by atoms with Crippen molar-refractivity contribution in [1.82, 2.24) is 10.4 Å². The summed E-state index contributed by atoms with van der Waals surface area (Å²) in [6.45, 7) is 2.50. The van der Waals surface area contributed by atoms with E-state index in [0.29, 0.717) is 27.8 Å². The van der Waals surface area contributed by atoms with E-state index in [1.165, 1.54) is 0 Å². The second-order valence-electron chi connectivity index (χ2n) is 7.25. The molecule has 166 valence electrons. The van der Waals surface area contributed by atoms with Gasteiger partial charge in [-0.15, -0.1) is 0 Å². The monoisotopic (exact) mass is 494 g/mol. The Balaban J connectivity index is 1.44. The first-order valence-electron chi connectivity index (χ1n) is 10.0. The Hall–Kier alpha value is -3.13. The van der Waals surface area contributed by atoms with Crippen molar-refractivity contribution < 1.29 is 14.3 Å². The number of carbonyl (C=O) groups excluding carboxylic acids is 2. The van der Waals surface area contributed by atoms with Crippen LogP contribution in [0.15, 0.2) is 77.7 Å². The average Bonchev–Trinajstić information content (AvgIpc) is 3.06. The number of carbonyl (C=O) groups is 2. The van der Waals surface area contributed by atoms with Gasteiger partial charge in [-0.1, -0.05) is 59.8 Å². The van der Waals surface area contributed by atoms with Crippen LogP contribution in [0, 0.1) is 6.92 Å². The maximum atomic E-state index is 12.9. The molecule has 0 aromatic heterocycles. The molecule has 4 rings (SSSR count). The summed E-state index contributed by atoms with van der Waals surface area (Å²) < 4.78 is 6.18. The minimum absolute atomic E-state index is 0.250. The van der Waals surface area contributed by atoms with E-state index in [1.54, 1.807) is 30.3 Å². The lowest BCUT2D eigenvalue weighted by Gasteiger charge is -2.15. The summed E-state index contributed by atoms with van der Waals surface area (Å²) in [5.41, 5.74) is 6.00. The third-order valence-electron chi connectivity index (χ3n) is 4.92. The largest absolute Gasteiger partial charge is 0.489 e. The van der Waals surface area contributed by atoms with Crippen LogP contribution >= 0.6 is 35.6 Å². The molecule has 1 heterocycles. The molecule has 8 heteroatoms. The van der Waals surface area contributed by atoms with Gasteiger partial charge in [-0.2, -0.15) is 5.01 Å². The molecular formula is C25H19ClN2O3S2. The third-order valence-corrected chi connectivity index (χ3v) is 6.48. The van der Waals surface area contributed by atoms with Crippen molar-refractivity contribution in [3.8, 4) is 5.75 Å². The molecule has 0 saturated carbocycles. The van der Waals surface area contributed by atoms with Gasteiger partial charge in [0.05, 0.1) is 4.91 Å². The van der Waals surface area contributed by atoms with Gasteiger partial charge in [0.2, 0.25) is 0 Å². The predicted octanol–water partition coefficient (Wildman–Crippen LogP) is 5.77. The highest BCUT2D eigenvalue weighted by Gasteiger charge is 2.33. The summed E-state index contributed by atoms with van der Waals surface area (Å²) in [7, 11) is 0. The zero-order valence-electron chi connectivity index (χ0n) is 17.6. The number of nitrogens with one attached hydrogen (secondary N) is 1. The van der Waals surface area contributed by atoms with Crippen LogP contribution < -0.4 is 10.2 Å². The van der Waals surface area contributed by atoms with Crippen LogP contribution in [0.25, 0.3) is 6.08 Å². The lowest BCUT2D eigenvalue weighted by Crippen LogP contribution is -2.44. The van der Waals surface area contributed by atoms with Crippen LogP contribution in [0.4, 0.5) is 0 Å². The lowest BCUT2D eigenvalue weighted by molar-refractivity contribution is -0.123. The van der Waals surface area contributed by atoms with Crippen molar-refractivity contribution in [2.75, 3.05) is 0 Å². The number of nitrogens with zero attached hydrogens (tertiary/aromatic N) is 1. The van der Waals surface area contributed by atoms with Gasteiger partial charge in [0, 0.05) is 10.6 Å². The van der Waals surface area contributed by atoms with Gasteiger partial charge in [-0.25, -0.2) is 0 Å². The molecule has 0 bridgehead atoms. The van der Waals surface area contributed by atoms with Gasteiger partial charge in [-0.05, 0) is 78.3 Å². The maximum absolute atomic E-state index is 12.9. The van der Waals surface area contributed by atoms with Crippen LogP contribution in [-0.4, -0.2) is 21.1 Å². The minimum atomic E-state index is -0.448. The number of hydrogen-bond donors (Lipinski definition) is 1. The topological polar surface area (TPSA) is 58.6 Å². The zero-order valence-corrected chi connectivity index (χ0v) is 20.0. The van der Waals surface area contributed by atoms with Gasteiger partial charge in [-0.3, -0.25) is 15.0 Å². The maximum Gasteiger partial charge on any atom is 0.285 e. The Labute approximate surface area is 206 Å². The molecule has 1 saturated heterocycles. The van der Waals surface area contributed by atoms with E-state index in [1.807, 2.05) is 55.5 Å². The molecule has 1 aliphatic rings. The van der Waals surface area contributed by atoms with Crippen LogP contribution in [0.1, 0.15) is 27.0 Å². The van der Waals surface area contributed by atoms with Crippen molar-refractivity contribution in [2.24, 2.45) is 0 Å². The second kappa shape index (κ2) is 10.2. The molecule has 3 aromatic rings. The molecule has 2 amide bonds. The van der Waals surface area contributed by atoms with E-state index in [4.69, 9.17) is 28.6 Å². The normalized spacial score (nSPS) is 14.6. The number of aryl methyl sites for hydroxylation is 1. The molecule has 0 spiro atoms. The fourth-order valence-electron chi connectivity index (χ4n) is 3.11. The smallest absolute Gasteiger partial charge is 0.285 e. The molecule has 0 radical (unpaired) electrons. The highest BCUT2D eigenvalue weighted by molar-refractivity contribution is 8.26. The molecule has 1 fully saturated rings. The van der Waals surface area contributed by atoms with Gasteiger partial charge in [0.15, 0.2) is 4.32 Å². The molecular weight excluding hydrogens is 476 g/mol. The summed E-state index contributed by atoms with van der Waals surface area (Å²) in [6, 6.07) is 21.9. The number of thioether (sulfide) groups is 1. The molecule has 0 atom stereocenters. The van der Waals surface area contributed by atoms with Gasteiger partial charge in [0.25, 0.3) is 11.8 Å². The Bertz CT molecular complexity index is 1260. The molecule has 1 N–H and O–H groups in total. The summed E-state index contributed by atoms with van der Waals surface area (Å²) in [4.78, 5) is 25.7.